The number of piperazine rings is 1. The van der Waals surface area contributed by atoms with E-state index in [9.17, 15) is 18.0 Å². The van der Waals surface area contributed by atoms with Crippen LogP contribution in [0.2, 0.25) is 0 Å². The van der Waals surface area contributed by atoms with E-state index in [-0.39, 0.29) is 11.5 Å². The molecular weight excluding hydrogens is 381 g/mol. The van der Waals surface area contributed by atoms with Gasteiger partial charge >= 0.3 is 6.18 Å². The molecular formula is C22H25F3N2O2. The van der Waals surface area contributed by atoms with Crippen molar-refractivity contribution in [2.75, 3.05) is 26.2 Å². The van der Waals surface area contributed by atoms with Gasteiger partial charge in [0.05, 0.1) is 11.6 Å². The number of carbonyl (C=O) groups excluding carboxylic acids is 1. The molecule has 1 saturated heterocycles. The van der Waals surface area contributed by atoms with Crippen LogP contribution in [0.25, 0.3) is 0 Å². The minimum Gasteiger partial charge on any atom is -0.483 e. The van der Waals surface area contributed by atoms with Crippen LogP contribution in [0.3, 0.4) is 0 Å². The van der Waals surface area contributed by atoms with Crippen LogP contribution in [-0.4, -0.2) is 43.0 Å². The zero-order chi connectivity index (χ0) is 20.9. The molecule has 0 aliphatic carbocycles. The summed E-state index contributed by atoms with van der Waals surface area (Å²) in [5, 5.41) is 3.27. The normalized spacial score (nSPS) is 17.5. The van der Waals surface area contributed by atoms with Gasteiger partial charge in [-0.15, -0.1) is 0 Å². The molecule has 0 saturated carbocycles. The summed E-state index contributed by atoms with van der Waals surface area (Å²) in [7, 11) is 0. The predicted octanol–water partition coefficient (Wildman–Crippen LogP) is 4.08. The maximum Gasteiger partial charge on any atom is 0.416 e. The van der Waals surface area contributed by atoms with Crippen molar-refractivity contribution in [2.45, 2.75) is 31.7 Å². The van der Waals surface area contributed by atoms with Crippen molar-refractivity contribution in [1.29, 1.82) is 0 Å². The molecule has 156 valence electrons. The van der Waals surface area contributed by atoms with Crippen molar-refractivity contribution in [1.82, 2.24) is 10.2 Å². The van der Waals surface area contributed by atoms with Gasteiger partial charge in [-0.1, -0.05) is 43.3 Å². The van der Waals surface area contributed by atoms with Crippen LogP contribution in [0.5, 0.6) is 5.75 Å². The van der Waals surface area contributed by atoms with E-state index in [1.807, 2.05) is 30.3 Å². The molecule has 0 aromatic heterocycles. The van der Waals surface area contributed by atoms with Crippen molar-refractivity contribution < 1.29 is 22.7 Å². The van der Waals surface area contributed by atoms with Crippen LogP contribution in [0.15, 0.2) is 54.6 Å². The maximum absolute atomic E-state index is 13.5. The number of rotatable bonds is 7. The smallest absolute Gasteiger partial charge is 0.416 e. The molecule has 1 aliphatic heterocycles. The third-order valence-corrected chi connectivity index (χ3v) is 5.03. The van der Waals surface area contributed by atoms with Gasteiger partial charge in [0, 0.05) is 26.2 Å². The SMILES string of the molecule is CCC(Oc1cccc(C(F)(F)F)c1)C(=O)C(c1ccccc1)N1CCNCC1. The zero-order valence-corrected chi connectivity index (χ0v) is 16.3. The highest BCUT2D eigenvalue weighted by atomic mass is 19.4. The lowest BCUT2D eigenvalue weighted by atomic mass is 9.95. The fourth-order valence-electron chi connectivity index (χ4n) is 3.56. The highest BCUT2D eigenvalue weighted by Crippen LogP contribution is 2.32. The van der Waals surface area contributed by atoms with E-state index in [1.165, 1.54) is 12.1 Å². The summed E-state index contributed by atoms with van der Waals surface area (Å²) >= 11 is 0. The number of nitrogens with one attached hydrogen (secondary N) is 1. The average molecular weight is 406 g/mol. The highest BCUT2D eigenvalue weighted by Gasteiger charge is 2.35. The number of Topliss-reactive ketones (excluding diaryl/α,β-unsaturated/α-hetero) is 1. The molecule has 4 nitrogen and oxygen atoms in total. The zero-order valence-electron chi connectivity index (χ0n) is 16.3. The number of ketones is 1. The summed E-state index contributed by atoms with van der Waals surface area (Å²) in [6, 6.07) is 13.6. The van der Waals surface area contributed by atoms with Crippen LogP contribution >= 0.6 is 0 Å². The molecule has 2 unspecified atom stereocenters. The summed E-state index contributed by atoms with van der Waals surface area (Å²) < 4.78 is 44.8. The lowest BCUT2D eigenvalue weighted by Crippen LogP contribution is -2.49. The Balaban J connectivity index is 1.85. The number of nitrogens with zero attached hydrogens (tertiary/aromatic N) is 1. The Morgan fingerprint density at radius 2 is 1.79 bits per heavy atom. The van der Waals surface area contributed by atoms with E-state index in [4.69, 9.17) is 4.74 Å². The monoisotopic (exact) mass is 406 g/mol. The number of benzene rings is 2. The quantitative estimate of drug-likeness (QED) is 0.753. The minimum absolute atomic E-state index is 0.0483. The first-order chi connectivity index (χ1) is 13.9. The molecule has 0 amide bonds. The van der Waals surface area contributed by atoms with E-state index in [2.05, 4.69) is 10.2 Å². The number of hydrogen-bond donors (Lipinski definition) is 1. The molecule has 0 spiro atoms. The van der Waals surface area contributed by atoms with Crippen molar-refractivity contribution in [3.05, 3.63) is 65.7 Å². The van der Waals surface area contributed by atoms with Gasteiger partial charge in [0.25, 0.3) is 0 Å². The second-order valence-corrected chi connectivity index (χ2v) is 7.04. The number of ether oxygens (including phenoxy) is 1. The van der Waals surface area contributed by atoms with Crippen LogP contribution < -0.4 is 10.1 Å². The van der Waals surface area contributed by atoms with E-state index < -0.39 is 23.9 Å². The van der Waals surface area contributed by atoms with Crippen LogP contribution in [-0.2, 0) is 11.0 Å². The van der Waals surface area contributed by atoms with Crippen LogP contribution in [0.4, 0.5) is 13.2 Å². The Morgan fingerprint density at radius 1 is 1.10 bits per heavy atom. The number of alkyl halides is 3. The molecule has 1 N–H and O–H groups in total. The minimum atomic E-state index is -4.46. The van der Waals surface area contributed by atoms with Gasteiger partial charge in [0.1, 0.15) is 5.75 Å². The van der Waals surface area contributed by atoms with E-state index in [0.717, 1.165) is 30.8 Å². The lowest BCUT2D eigenvalue weighted by Gasteiger charge is -2.35. The Morgan fingerprint density at radius 3 is 2.41 bits per heavy atom. The van der Waals surface area contributed by atoms with Gasteiger partial charge in [-0.25, -0.2) is 0 Å². The Hall–Kier alpha value is -2.38. The molecule has 2 aromatic carbocycles. The first kappa shape index (κ1) is 21.3. The average Bonchev–Trinajstić information content (AvgIpc) is 2.73. The second kappa shape index (κ2) is 9.41. The van der Waals surface area contributed by atoms with Crippen molar-refractivity contribution in [3.63, 3.8) is 0 Å². The Bertz CT molecular complexity index is 805. The predicted molar refractivity (Wildman–Crippen MR) is 105 cm³/mol. The Labute approximate surface area is 168 Å². The summed E-state index contributed by atoms with van der Waals surface area (Å²) in [6.45, 7) is 4.79. The maximum atomic E-state index is 13.5. The van der Waals surface area contributed by atoms with Crippen LogP contribution in [0.1, 0.15) is 30.5 Å². The summed E-state index contributed by atoms with van der Waals surface area (Å²) in [4.78, 5) is 15.6. The number of carbonyl (C=O) groups is 1. The van der Waals surface area contributed by atoms with Crippen molar-refractivity contribution in [2.24, 2.45) is 0 Å². The van der Waals surface area contributed by atoms with Gasteiger partial charge < -0.3 is 10.1 Å². The van der Waals surface area contributed by atoms with Gasteiger partial charge in [-0.2, -0.15) is 13.2 Å². The van der Waals surface area contributed by atoms with E-state index in [1.54, 1.807) is 6.92 Å². The molecule has 29 heavy (non-hydrogen) atoms. The van der Waals surface area contributed by atoms with E-state index >= 15 is 0 Å². The molecule has 1 aliphatic rings. The number of halogens is 3. The standard InChI is InChI=1S/C22H25F3N2O2/c1-2-19(29-18-10-6-9-17(15-18)22(23,24)25)21(28)20(16-7-4-3-5-8-16)27-13-11-26-12-14-27/h3-10,15,19-20,26H,2,11-14H2,1H3. The molecule has 2 aromatic rings. The molecule has 2 atom stereocenters. The number of hydrogen-bond acceptors (Lipinski definition) is 4. The first-order valence-corrected chi connectivity index (χ1v) is 9.77. The van der Waals surface area contributed by atoms with E-state index in [0.29, 0.717) is 19.5 Å². The summed E-state index contributed by atoms with van der Waals surface area (Å²) in [5.74, 6) is -0.0924. The van der Waals surface area contributed by atoms with Crippen LogP contribution in [0, 0.1) is 0 Å². The Kier molecular flexibility index (Phi) is 6.92. The summed E-state index contributed by atoms with van der Waals surface area (Å²) in [6.07, 6.45) is -4.93. The van der Waals surface area contributed by atoms with Crippen molar-refractivity contribution >= 4 is 5.78 Å². The lowest BCUT2D eigenvalue weighted by molar-refractivity contribution is -0.137. The molecule has 0 radical (unpaired) electrons. The fraction of sp³-hybridized carbons (Fsp3) is 0.409. The molecule has 7 heteroatoms. The summed E-state index contributed by atoms with van der Waals surface area (Å²) in [5.41, 5.74) is 0.0736. The van der Waals surface area contributed by atoms with Gasteiger partial charge in [-0.05, 0) is 30.2 Å². The van der Waals surface area contributed by atoms with Gasteiger partial charge in [0.15, 0.2) is 11.9 Å². The van der Waals surface area contributed by atoms with Gasteiger partial charge in [-0.3, -0.25) is 9.69 Å². The largest absolute Gasteiger partial charge is 0.483 e. The van der Waals surface area contributed by atoms with Gasteiger partial charge in [0.2, 0.25) is 0 Å². The molecule has 3 rings (SSSR count). The molecule has 0 bridgehead atoms. The second-order valence-electron chi connectivity index (χ2n) is 7.04. The third kappa shape index (κ3) is 5.36. The highest BCUT2D eigenvalue weighted by molar-refractivity contribution is 5.89. The first-order valence-electron chi connectivity index (χ1n) is 9.77. The third-order valence-electron chi connectivity index (χ3n) is 5.03. The van der Waals surface area contributed by atoms with Crippen molar-refractivity contribution in [3.8, 4) is 5.75 Å². The topological polar surface area (TPSA) is 41.6 Å². The fourth-order valence-corrected chi connectivity index (χ4v) is 3.56. The molecule has 1 fully saturated rings. The molecule has 1 heterocycles.